The zero-order chi connectivity index (χ0) is 11.7. The van der Waals surface area contributed by atoms with E-state index in [-0.39, 0.29) is 6.04 Å². The predicted octanol–water partition coefficient (Wildman–Crippen LogP) is -0.584. The summed E-state index contributed by atoms with van der Waals surface area (Å²) in [6.07, 6.45) is 1.61. The average molecular weight is 231 g/mol. The van der Waals surface area contributed by atoms with E-state index in [1.807, 2.05) is 0 Å². The molecule has 0 atom stereocenters. The summed E-state index contributed by atoms with van der Waals surface area (Å²) in [4.78, 5) is 34.9. The predicted molar refractivity (Wildman–Crippen MR) is 59.5 cm³/mol. The van der Waals surface area contributed by atoms with Gasteiger partial charge >= 0.3 is 17.1 Å². The highest BCUT2D eigenvalue weighted by atomic mass is 32.2. The minimum absolute atomic E-state index is 0.268. The van der Waals surface area contributed by atoms with Crippen molar-refractivity contribution in [1.82, 2.24) is 13.1 Å². The summed E-state index contributed by atoms with van der Waals surface area (Å²) in [5.41, 5.74) is -1.76. The van der Waals surface area contributed by atoms with Crippen LogP contribution in [0, 0.1) is 0 Å². The van der Waals surface area contributed by atoms with Gasteiger partial charge in [0, 0.05) is 19.3 Å². The van der Waals surface area contributed by atoms with E-state index in [2.05, 4.69) is 0 Å². The van der Waals surface area contributed by atoms with E-state index in [0.29, 0.717) is 0 Å². The lowest BCUT2D eigenvalue weighted by Gasteiger charge is -2.11. The summed E-state index contributed by atoms with van der Waals surface area (Å²) in [7, 11) is 1.36. The molecule has 0 bridgehead atoms. The smallest absolute Gasteiger partial charge is 0.247 e. The van der Waals surface area contributed by atoms with Crippen LogP contribution in [0.3, 0.4) is 0 Å². The monoisotopic (exact) mass is 231 g/mol. The molecule has 0 unspecified atom stereocenters. The van der Waals surface area contributed by atoms with Crippen LogP contribution in [0.2, 0.25) is 0 Å². The molecular formula is C8H13N3O3S. The zero-order valence-corrected chi connectivity index (χ0v) is 9.87. The molecule has 0 saturated heterocycles. The first-order valence-electron chi connectivity index (χ1n) is 4.40. The van der Waals surface area contributed by atoms with Crippen LogP contribution < -0.4 is 17.1 Å². The molecule has 0 fully saturated rings. The van der Waals surface area contributed by atoms with E-state index in [0.717, 1.165) is 25.1 Å². The third kappa shape index (κ3) is 1.79. The fraction of sp³-hybridized carbons (Fsp3) is 0.625. The van der Waals surface area contributed by atoms with Crippen LogP contribution in [0.5, 0.6) is 0 Å². The first kappa shape index (κ1) is 11.8. The number of aromatic nitrogens is 3. The van der Waals surface area contributed by atoms with E-state index in [1.165, 1.54) is 7.05 Å². The minimum Gasteiger partial charge on any atom is -0.247 e. The minimum atomic E-state index is -0.602. The van der Waals surface area contributed by atoms with Crippen molar-refractivity contribution in [3.05, 3.63) is 31.5 Å². The summed E-state index contributed by atoms with van der Waals surface area (Å²) in [6.45, 7) is 3.44. The molecule has 1 aromatic rings. The highest BCUT2D eigenvalue weighted by Crippen LogP contribution is 1.95. The van der Waals surface area contributed by atoms with Crippen molar-refractivity contribution in [2.75, 3.05) is 6.26 Å². The Morgan fingerprint density at radius 2 is 1.60 bits per heavy atom. The maximum atomic E-state index is 11.7. The highest BCUT2D eigenvalue weighted by molar-refractivity contribution is 7.97. The normalized spacial score (nSPS) is 11.0. The van der Waals surface area contributed by atoms with Gasteiger partial charge < -0.3 is 0 Å². The largest absolute Gasteiger partial charge is 0.346 e. The Hall–Kier alpha value is -1.24. The van der Waals surface area contributed by atoms with Crippen molar-refractivity contribution in [2.45, 2.75) is 19.9 Å². The maximum absolute atomic E-state index is 11.7. The summed E-state index contributed by atoms with van der Waals surface area (Å²) in [6, 6.07) is -0.268. The molecule has 0 aliphatic rings. The molecule has 1 rings (SSSR count). The average Bonchev–Trinajstić information content (AvgIpc) is 2.15. The summed E-state index contributed by atoms with van der Waals surface area (Å²) >= 11 is 0.988. The van der Waals surface area contributed by atoms with E-state index >= 15 is 0 Å². The number of nitrogens with zero attached hydrogens (tertiary/aromatic N) is 3. The van der Waals surface area contributed by atoms with Gasteiger partial charge in [-0.15, -0.1) is 0 Å². The molecule has 7 heteroatoms. The molecule has 0 N–H and O–H groups in total. The highest BCUT2D eigenvalue weighted by Gasteiger charge is 2.14. The molecule has 0 aliphatic heterocycles. The van der Waals surface area contributed by atoms with Crippen LogP contribution in [0.1, 0.15) is 19.9 Å². The van der Waals surface area contributed by atoms with E-state index in [1.54, 1.807) is 20.1 Å². The van der Waals surface area contributed by atoms with Gasteiger partial charge in [-0.05, 0) is 25.8 Å². The Morgan fingerprint density at radius 1 is 1.07 bits per heavy atom. The van der Waals surface area contributed by atoms with Crippen molar-refractivity contribution in [2.24, 2.45) is 7.05 Å². The van der Waals surface area contributed by atoms with E-state index in [4.69, 9.17) is 0 Å². The molecule has 84 valence electrons. The van der Waals surface area contributed by atoms with Gasteiger partial charge in [0.1, 0.15) is 0 Å². The molecule has 0 spiro atoms. The van der Waals surface area contributed by atoms with Gasteiger partial charge in [0.05, 0.1) is 0 Å². The molecular weight excluding hydrogens is 218 g/mol. The van der Waals surface area contributed by atoms with Crippen molar-refractivity contribution >= 4 is 11.9 Å². The van der Waals surface area contributed by atoms with Crippen LogP contribution >= 0.6 is 11.9 Å². The summed E-state index contributed by atoms with van der Waals surface area (Å²) in [5, 5.41) is 0. The molecule has 1 heterocycles. The number of hydrogen-bond acceptors (Lipinski definition) is 4. The first-order valence-corrected chi connectivity index (χ1v) is 5.59. The lowest BCUT2D eigenvalue weighted by Crippen LogP contribution is -2.52. The lowest BCUT2D eigenvalue weighted by molar-refractivity contribution is 0.486. The van der Waals surface area contributed by atoms with Crippen LogP contribution in [0.4, 0.5) is 0 Å². The van der Waals surface area contributed by atoms with Crippen molar-refractivity contribution in [1.29, 1.82) is 0 Å². The second-order valence-corrected chi connectivity index (χ2v) is 4.08. The lowest BCUT2D eigenvalue weighted by atomic mass is 10.4. The molecule has 0 saturated carbocycles. The second-order valence-electron chi connectivity index (χ2n) is 3.35. The van der Waals surface area contributed by atoms with Crippen molar-refractivity contribution < 1.29 is 0 Å². The van der Waals surface area contributed by atoms with Crippen LogP contribution in [-0.2, 0) is 7.05 Å². The number of rotatable bonds is 2. The van der Waals surface area contributed by atoms with Gasteiger partial charge in [-0.1, -0.05) is 0 Å². The van der Waals surface area contributed by atoms with Crippen molar-refractivity contribution in [3.63, 3.8) is 0 Å². The Labute approximate surface area is 90.3 Å². The number of hydrogen-bond donors (Lipinski definition) is 0. The molecule has 6 nitrogen and oxygen atoms in total. The fourth-order valence-electron chi connectivity index (χ4n) is 1.24. The van der Waals surface area contributed by atoms with Gasteiger partial charge in [0.25, 0.3) is 0 Å². The molecule has 1 aromatic heterocycles. The molecule has 15 heavy (non-hydrogen) atoms. The summed E-state index contributed by atoms with van der Waals surface area (Å²) < 4.78 is 2.94. The standard InChI is InChI=1S/C8H13N3O3S/c1-5(2)10-6(12)9(3)7(13)11(15-4)8(10)14/h5H,1-4H3. The molecule has 0 amide bonds. The zero-order valence-electron chi connectivity index (χ0n) is 9.05. The fourth-order valence-corrected chi connectivity index (χ4v) is 1.76. The van der Waals surface area contributed by atoms with Gasteiger partial charge in [-0.25, -0.2) is 23.5 Å². The van der Waals surface area contributed by atoms with Gasteiger partial charge in [0.2, 0.25) is 0 Å². The molecule has 0 aromatic carbocycles. The third-order valence-electron chi connectivity index (χ3n) is 2.03. The topological polar surface area (TPSA) is 66.0 Å². The maximum Gasteiger partial charge on any atom is 0.346 e. The quantitative estimate of drug-likeness (QED) is 0.682. The molecule has 0 radical (unpaired) electrons. The van der Waals surface area contributed by atoms with Crippen LogP contribution in [-0.4, -0.2) is 19.4 Å². The third-order valence-corrected chi connectivity index (χ3v) is 2.71. The SMILES string of the molecule is CSn1c(=O)n(C)c(=O)n(C(C)C)c1=O. The first-order chi connectivity index (χ1) is 6.91. The Balaban J connectivity index is 3.86. The van der Waals surface area contributed by atoms with Crippen LogP contribution in [0.15, 0.2) is 14.4 Å². The van der Waals surface area contributed by atoms with E-state index in [9.17, 15) is 14.4 Å². The molecule has 0 aliphatic carbocycles. The Morgan fingerprint density at radius 3 is 2.00 bits per heavy atom. The van der Waals surface area contributed by atoms with E-state index < -0.39 is 17.1 Å². The Bertz CT molecular complexity index is 538. The van der Waals surface area contributed by atoms with Crippen molar-refractivity contribution in [3.8, 4) is 0 Å². The van der Waals surface area contributed by atoms with Gasteiger partial charge in [-0.2, -0.15) is 3.97 Å². The van der Waals surface area contributed by atoms with Gasteiger partial charge in [-0.3, -0.25) is 0 Å². The van der Waals surface area contributed by atoms with Crippen LogP contribution in [0.25, 0.3) is 0 Å². The van der Waals surface area contributed by atoms with Gasteiger partial charge in [0.15, 0.2) is 0 Å². The summed E-state index contributed by atoms with van der Waals surface area (Å²) in [5.74, 6) is 0. The Kier molecular flexibility index (Phi) is 3.23. The second kappa shape index (κ2) is 4.09.